The fraction of sp³-hybridized carbons (Fsp3) is 0.318. The van der Waals surface area contributed by atoms with Crippen molar-refractivity contribution >= 4 is 45.7 Å². The summed E-state index contributed by atoms with van der Waals surface area (Å²) in [5.41, 5.74) is 3.29. The monoisotopic (exact) mass is 456 g/mol. The number of imidazole rings is 1. The summed E-state index contributed by atoms with van der Waals surface area (Å²) in [5, 5.41) is 10.6. The van der Waals surface area contributed by atoms with E-state index in [0.717, 1.165) is 16.5 Å². The Morgan fingerprint density at radius 3 is 2.88 bits per heavy atom. The molecule has 0 saturated heterocycles. The van der Waals surface area contributed by atoms with Crippen molar-refractivity contribution in [3.05, 3.63) is 36.5 Å². The van der Waals surface area contributed by atoms with Crippen LogP contribution in [0, 0.1) is 11.7 Å². The highest BCUT2D eigenvalue weighted by molar-refractivity contribution is 7.98. The summed E-state index contributed by atoms with van der Waals surface area (Å²) in [7, 11) is 1.85. The van der Waals surface area contributed by atoms with Crippen LogP contribution in [0.4, 0.5) is 20.3 Å². The number of aromatic amines is 1. The van der Waals surface area contributed by atoms with Crippen LogP contribution in [0.1, 0.15) is 13.3 Å². The lowest BCUT2D eigenvalue weighted by Crippen LogP contribution is -2.18. The average Bonchev–Trinajstić information content (AvgIpc) is 3.15. The van der Waals surface area contributed by atoms with E-state index in [0.29, 0.717) is 34.1 Å². The topological polar surface area (TPSA) is 78.3 Å². The summed E-state index contributed by atoms with van der Waals surface area (Å²) in [6, 6.07) is 3.68. The number of fused-ring (bicyclic) bond motifs is 2. The zero-order valence-electron chi connectivity index (χ0n) is 17.8. The lowest BCUT2D eigenvalue weighted by molar-refractivity contribution is -0.117. The van der Waals surface area contributed by atoms with Crippen molar-refractivity contribution in [2.45, 2.75) is 24.4 Å². The van der Waals surface area contributed by atoms with Crippen LogP contribution in [-0.2, 0) is 4.79 Å². The average molecular weight is 457 g/mol. The predicted molar refractivity (Wildman–Crippen MR) is 123 cm³/mol. The van der Waals surface area contributed by atoms with Gasteiger partial charge in [0.1, 0.15) is 11.8 Å². The minimum Gasteiger partial charge on any atom is -0.371 e. The molecule has 1 saturated carbocycles. The van der Waals surface area contributed by atoms with E-state index >= 15 is 4.39 Å². The summed E-state index contributed by atoms with van der Waals surface area (Å²) < 4.78 is 30.5. The molecule has 0 aliphatic heterocycles. The number of rotatable bonds is 6. The molecule has 3 aromatic heterocycles. The number of anilines is 2. The first kappa shape index (κ1) is 20.7. The molecule has 10 heteroatoms. The Kier molecular flexibility index (Phi) is 5.04. The van der Waals surface area contributed by atoms with E-state index in [1.807, 2.05) is 37.4 Å². The maximum absolute atomic E-state index is 15.6. The van der Waals surface area contributed by atoms with Gasteiger partial charge in [-0.05, 0) is 31.7 Å². The minimum absolute atomic E-state index is 0.260. The van der Waals surface area contributed by atoms with Crippen LogP contribution >= 0.6 is 11.8 Å². The van der Waals surface area contributed by atoms with Crippen LogP contribution in [0.15, 0.2) is 35.6 Å². The molecular formula is C22H22F2N6OS. The molecule has 166 valence electrons. The molecule has 32 heavy (non-hydrogen) atoms. The summed E-state index contributed by atoms with van der Waals surface area (Å²) in [5.74, 6) is -0.881. The first-order valence-electron chi connectivity index (χ1n) is 10.3. The van der Waals surface area contributed by atoms with Crippen molar-refractivity contribution in [2.24, 2.45) is 5.92 Å². The van der Waals surface area contributed by atoms with Gasteiger partial charge in [0.05, 0.1) is 34.4 Å². The van der Waals surface area contributed by atoms with Crippen LogP contribution in [0.3, 0.4) is 0 Å². The Hall–Kier alpha value is -3.14. The van der Waals surface area contributed by atoms with Gasteiger partial charge in [-0.2, -0.15) is 5.10 Å². The van der Waals surface area contributed by atoms with E-state index in [9.17, 15) is 9.18 Å². The molecule has 5 rings (SSSR count). The number of hydrogen-bond acceptors (Lipinski definition) is 5. The molecule has 7 nitrogen and oxygen atoms in total. The van der Waals surface area contributed by atoms with Crippen molar-refractivity contribution in [2.75, 3.05) is 30.1 Å². The maximum Gasteiger partial charge on any atom is 0.231 e. The van der Waals surface area contributed by atoms with Crippen LogP contribution in [0.2, 0.25) is 0 Å². The van der Waals surface area contributed by atoms with Gasteiger partial charge in [-0.15, -0.1) is 11.8 Å². The number of carbonyl (C=O) groups excluding carboxylic acids is 1. The number of nitrogens with one attached hydrogen (secondary N) is 2. The summed E-state index contributed by atoms with van der Waals surface area (Å²) in [4.78, 5) is 18.8. The Morgan fingerprint density at radius 1 is 1.41 bits per heavy atom. The van der Waals surface area contributed by atoms with Gasteiger partial charge in [-0.25, -0.2) is 13.8 Å². The van der Waals surface area contributed by atoms with E-state index < -0.39 is 12.1 Å². The predicted octanol–water partition coefficient (Wildman–Crippen LogP) is 4.49. The SMILES string of the molecule is CCN(C)c1c(F)c(SC)c(-c2ccc3nc(NC(=O)[C@@H]4C[C@@H]4F)cn3c2)c2cn[nH]c12. The second kappa shape index (κ2) is 7.77. The largest absolute Gasteiger partial charge is 0.371 e. The van der Waals surface area contributed by atoms with Gasteiger partial charge in [0.15, 0.2) is 11.6 Å². The van der Waals surface area contributed by atoms with E-state index in [2.05, 4.69) is 20.5 Å². The third kappa shape index (κ3) is 3.29. The smallest absolute Gasteiger partial charge is 0.231 e. The number of nitrogens with zero attached hydrogens (tertiary/aromatic N) is 4. The fourth-order valence-corrected chi connectivity index (χ4v) is 4.66. The number of halogens is 2. The quantitative estimate of drug-likeness (QED) is 0.418. The molecule has 0 unspecified atom stereocenters. The third-order valence-electron chi connectivity index (χ3n) is 5.88. The van der Waals surface area contributed by atoms with E-state index in [1.165, 1.54) is 11.8 Å². The zero-order valence-corrected chi connectivity index (χ0v) is 18.6. The molecule has 4 aromatic rings. The number of thioether (sulfide) groups is 1. The second-order valence-corrected chi connectivity index (χ2v) is 8.72. The van der Waals surface area contributed by atoms with Gasteiger partial charge in [0, 0.05) is 36.3 Å². The summed E-state index contributed by atoms with van der Waals surface area (Å²) in [6.07, 6.45) is 6.28. The first-order valence-corrected chi connectivity index (χ1v) is 11.5. The van der Waals surface area contributed by atoms with E-state index in [-0.39, 0.29) is 18.1 Å². The van der Waals surface area contributed by atoms with Gasteiger partial charge >= 0.3 is 0 Å². The number of hydrogen-bond donors (Lipinski definition) is 2. The van der Waals surface area contributed by atoms with Crippen molar-refractivity contribution in [1.82, 2.24) is 19.6 Å². The second-order valence-electron chi connectivity index (χ2n) is 7.90. The molecular weight excluding hydrogens is 434 g/mol. The molecule has 3 heterocycles. The lowest BCUT2D eigenvalue weighted by Gasteiger charge is -2.22. The zero-order chi connectivity index (χ0) is 22.6. The Bertz CT molecular complexity index is 1350. The van der Waals surface area contributed by atoms with E-state index in [4.69, 9.17) is 0 Å². The maximum atomic E-state index is 15.6. The minimum atomic E-state index is -1.06. The van der Waals surface area contributed by atoms with Gasteiger partial charge in [0.25, 0.3) is 0 Å². The van der Waals surface area contributed by atoms with Crippen LogP contribution in [0.5, 0.6) is 0 Å². The third-order valence-corrected chi connectivity index (χ3v) is 6.67. The molecule has 2 atom stereocenters. The normalized spacial score (nSPS) is 17.8. The van der Waals surface area contributed by atoms with Gasteiger partial charge < -0.3 is 14.6 Å². The molecule has 0 radical (unpaired) electrons. The van der Waals surface area contributed by atoms with Gasteiger partial charge in [-0.3, -0.25) is 9.89 Å². The lowest BCUT2D eigenvalue weighted by atomic mass is 10.0. The van der Waals surface area contributed by atoms with Crippen molar-refractivity contribution in [3.8, 4) is 11.1 Å². The number of pyridine rings is 1. The van der Waals surface area contributed by atoms with Gasteiger partial charge in [0.2, 0.25) is 5.91 Å². The van der Waals surface area contributed by atoms with Crippen molar-refractivity contribution in [1.29, 1.82) is 0 Å². The van der Waals surface area contributed by atoms with Crippen molar-refractivity contribution < 1.29 is 13.6 Å². The fourth-order valence-electron chi connectivity index (χ4n) is 3.95. The highest BCUT2D eigenvalue weighted by atomic mass is 32.2. The highest BCUT2D eigenvalue weighted by Crippen LogP contribution is 2.43. The molecule has 0 bridgehead atoms. The van der Waals surface area contributed by atoms with Gasteiger partial charge in [-0.1, -0.05) is 0 Å². The Balaban J connectivity index is 1.61. The molecule has 1 amide bonds. The number of H-pyrrole nitrogens is 1. The van der Waals surface area contributed by atoms with Crippen LogP contribution in [0.25, 0.3) is 27.7 Å². The number of amides is 1. The number of aromatic nitrogens is 4. The standard InChI is InChI=1S/C22H22F2N6OS/c1-4-29(2)20-18(24)21(32-3)17(13-8-25-28-19(13)20)11-5-6-16-26-15(10-30(16)9-11)27-22(31)12-7-14(12)23/h5-6,8-10,12,14H,4,7H2,1-3H3,(H,25,28)(H,27,31)/t12-,14+/m1/s1. The Morgan fingerprint density at radius 2 is 2.19 bits per heavy atom. The van der Waals surface area contributed by atoms with Crippen LogP contribution < -0.4 is 10.2 Å². The van der Waals surface area contributed by atoms with Crippen LogP contribution in [-0.4, -0.2) is 51.5 Å². The number of benzene rings is 1. The summed E-state index contributed by atoms with van der Waals surface area (Å²) in [6.45, 7) is 2.62. The highest BCUT2D eigenvalue weighted by Gasteiger charge is 2.43. The number of alkyl halides is 1. The first-order chi connectivity index (χ1) is 15.4. The molecule has 1 aliphatic carbocycles. The Labute approximate surface area is 187 Å². The molecule has 2 N–H and O–H groups in total. The van der Waals surface area contributed by atoms with E-state index in [1.54, 1.807) is 22.9 Å². The number of carbonyl (C=O) groups is 1. The molecule has 0 spiro atoms. The molecule has 1 aliphatic rings. The summed E-state index contributed by atoms with van der Waals surface area (Å²) >= 11 is 1.35. The molecule has 1 fully saturated rings. The molecule has 1 aromatic carbocycles. The van der Waals surface area contributed by atoms with Crippen molar-refractivity contribution in [3.63, 3.8) is 0 Å².